The summed E-state index contributed by atoms with van der Waals surface area (Å²) >= 11 is 1.79. The second-order valence-corrected chi connectivity index (χ2v) is 3.68. The van der Waals surface area contributed by atoms with Gasteiger partial charge in [0, 0.05) is 11.0 Å². The fraction of sp³-hybridized carbons (Fsp3) is 0.250. The molecule has 0 unspecified atom stereocenters. The van der Waals surface area contributed by atoms with Crippen LogP contribution in [0.25, 0.3) is 0 Å². The number of benzene rings is 1. The van der Waals surface area contributed by atoms with E-state index < -0.39 is 0 Å². The van der Waals surface area contributed by atoms with E-state index in [-0.39, 0.29) is 0 Å². The molecule has 0 fully saturated rings. The molecule has 0 atom stereocenters. The lowest BCUT2D eigenvalue weighted by molar-refractivity contribution is 0.174. The van der Waals surface area contributed by atoms with E-state index >= 15 is 0 Å². The van der Waals surface area contributed by atoms with E-state index in [1.165, 1.54) is 4.90 Å². The molecule has 2 aliphatic rings. The van der Waals surface area contributed by atoms with Crippen molar-refractivity contribution in [1.82, 2.24) is 0 Å². The molecule has 0 spiro atoms. The number of hydrogen-bond acceptors (Lipinski definition) is 4. The van der Waals surface area contributed by atoms with Crippen LogP contribution in [0.2, 0.25) is 0 Å². The molecule has 0 bridgehead atoms. The third-order valence-electron chi connectivity index (χ3n) is 1.97. The third kappa shape index (κ3) is 0.783. The van der Waals surface area contributed by atoms with Gasteiger partial charge in [0.05, 0.1) is 11.6 Å². The fourth-order valence-electron chi connectivity index (χ4n) is 1.37. The summed E-state index contributed by atoms with van der Waals surface area (Å²) in [5.74, 6) is 2.66. The van der Waals surface area contributed by atoms with Gasteiger partial charge < -0.3 is 14.8 Å². The van der Waals surface area contributed by atoms with Crippen LogP contribution in [0.4, 0.5) is 5.69 Å². The molecule has 2 heterocycles. The average molecular weight is 181 g/mol. The predicted molar refractivity (Wildman–Crippen MR) is 46.9 cm³/mol. The topological polar surface area (TPSA) is 30.5 Å². The van der Waals surface area contributed by atoms with E-state index in [0.717, 1.165) is 23.1 Å². The number of rotatable bonds is 0. The second-order valence-electron chi connectivity index (χ2n) is 2.67. The Morgan fingerprint density at radius 3 is 3.00 bits per heavy atom. The summed E-state index contributed by atoms with van der Waals surface area (Å²) in [6, 6.07) is 4.03. The van der Waals surface area contributed by atoms with Gasteiger partial charge >= 0.3 is 0 Å². The summed E-state index contributed by atoms with van der Waals surface area (Å²) < 4.78 is 10.5. The van der Waals surface area contributed by atoms with Gasteiger partial charge in [0.1, 0.15) is 0 Å². The first kappa shape index (κ1) is 6.48. The maximum Gasteiger partial charge on any atom is 0.231 e. The maximum absolute atomic E-state index is 5.26. The van der Waals surface area contributed by atoms with E-state index in [1.807, 2.05) is 12.1 Å². The van der Waals surface area contributed by atoms with Gasteiger partial charge in [0.2, 0.25) is 6.79 Å². The Balaban J connectivity index is 2.18. The van der Waals surface area contributed by atoms with Crippen molar-refractivity contribution in [2.45, 2.75) is 4.90 Å². The zero-order valence-corrected chi connectivity index (χ0v) is 7.11. The van der Waals surface area contributed by atoms with Crippen molar-refractivity contribution in [3.63, 3.8) is 0 Å². The van der Waals surface area contributed by atoms with E-state index in [0.29, 0.717) is 6.79 Å². The van der Waals surface area contributed by atoms with E-state index in [2.05, 4.69) is 5.32 Å². The summed E-state index contributed by atoms with van der Waals surface area (Å²) in [5, 5.41) is 3.26. The Labute approximate surface area is 74.0 Å². The lowest BCUT2D eigenvalue weighted by atomic mass is 10.3. The predicted octanol–water partition coefficient (Wildman–Crippen LogP) is 1.89. The summed E-state index contributed by atoms with van der Waals surface area (Å²) in [6.07, 6.45) is 0. The number of ether oxygens (including phenoxy) is 2. The van der Waals surface area contributed by atoms with Gasteiger partial charge in [-0.2, -0.15) is 0 Å². The maximum atomic E-state index is 5.26. The highest BCUT2D eigenvalue weighted by molar-refractivity contribution is 7.99. The van der Waals surface area contributed by atoms with Gasteiger partial charge in [0.25, 0.3) is 0 Å². The first-order valence-corrected chi connectivity index (χ1v) is 4.72. The average Bonchev–Trinajstić information content (AvgIpc) is 2.64. The largest absolute Gasteiger partial charge is 0.454 e. The Morgan fingerprint density at radius 2 is 2.08 bits per heavy atom. The Hall–Kier alpha value is -1.03. The molecule has 0 saturated heterocycles. The standard InChI is InChI=1S/C8H7NO2S/c1-5-8(12-3-9-5)2-7-6(1)10-4-11-7/h1-2,9H,3-4H2. The Bertz CT molecular complexity index is 280. The van der Waals surface area contributed by atoms with Crippen LogP contribution in [0.5, 0.6) is 11.5 Å². The lowest BCUT2D eigenvalue weighted by Gasteiger charge is -1.99. The van der Waals surface area contributed by atoms with Crippen molar-refractivity contribution in [3.05, 3.63) is 12.1 Å². The van der Waals surface area contributed by atoms with Crippen molar-refractivity contribution >= 4 is 17.4 Å². The molecule has 2 aliphatic heterocycles. The highest BCUT2D eigenvalue weighted by Crippen LogP contribution is 2.43. The van der Waals surface area contributed by atoms with Crippen LogP contribution in [0.15, 0.2) is 17.0 Å². The first-order chi connectivity index (χ1) is 5.93. The molecule has 0 aromatic heterocycles. The van der Waals surface area contributed by atoms with Crippen molar-refractivity contribution in [2.75, 3.05) is 18.0 Å². The molecule has 0 saturated carbocycles. The van der Waals surface area contributed by atoms with Crippen LogP contribution in [0, 0.1) is 0 Å². The summed E-state index contributed by atoms with van der Waals surface area (Å²) in [4.78, 5) is 1.25. The van der Waals surface area contributed by atoms with E-state index in [4.69, 9.17) is 9.47 Å². The van der Waals surface area contributed by atoms with Gasteiger partial charge in [-0.1, -0.05) is 0 Å². The van der Waals surface area contributed by atoms with Gasteiger partial charge in [0.15, 0.2) is 11.5 Å². The number of thioether (sulfide) groups is 1. The van der Waals surface area contributed by atoms with Crippen molar-refractivity contribution < 1.29 is 9.47 Å². The number of anilines is 1. The first-order valence-electron chi connectivity index (χ1n) is 3.74. The quantitative estimate of drug-likeness (QED) is 0.662. The third-order valence-corrected chi connectivity index (χ3v) is 2.90. The molecular formula is C8H7NO2S. The summed E-state index contributed by atoms with van der Waals surface area (Å²) in [5.41, 5.74) is 1.16. The van der Waals surface area contributed by atoms with Crippen LogP contribution in [-0.2, 0) is 0 Å². The normalized spacial score (nSPS) is 17.3. The molecule has 0 radical (unpaired) electrons. The van der Waals surface area contributed by atoms with Crippen LogP contribution >= 0.6 is 11.8 Å². The highest BCUT2D eigenvalue weighted by Gasteiger charge is 2.19. The van der Waals surface area contributed by atoms with Gasteiger partial charge in [-0.15, -0.1) is 11.8 Å². The van der Waals surface area contributed by atoms with E-state index in [1.54, 1.807) is 11.8 Å². The van der Waals surface area contributed by atoms with Crippen molar-refractivity contribution in [3.8, 4) is 11.5 Å². The monoisotopic (exact) mass is 181 g/mol. The second kappa shape index (κ2) is 2.23. The minimum atomic E-state index is 0.350. The molecule has 3 nitrogen and oxygen atoms in total. The molecule has 0 aliphatic carbocycles. The number of nitrogens with one attached hydrogen (secondary N) is 1. The van der Waals surface area contributed by atoms with Gasteiger partial charge in [-0.25, -0.2) is 0 Å². The van der Waals surface area contributed by atoms with Gasteiger partial charge in [-0.3, -0.25) is 0 Å². The molecule has 62 valence electrons. The Morgan fingerprint density at radius 1 is 1.25 bits per heavy atom. The van der Waals surface area contributed by atoms with Crippen LogP contribution in [0.1, 0.15) is 0 Å². The van der Waals surface area contributed by atoms with E-state index in [9.17, 15) is 0 Å². The zero-order chi connectivity index (χ0) is 7.97. The van der Waals surface area contributed by atoms with Crippen molar-refractivity contribution in [2.24, 2.45) is 0 Å². The SMILES string of the molecule is c1c2c(cc3c1OCO3)SCN2. The molecule has 12 heavy (non-hydrogen) atoms. The number of fused-ring (bicyclic) bond motifs is 2. The molecule has 1 aromatic carbocycles. The van der Waals surface area contributed by atoms with Crippen LogP contribution in [0.3, 0.4) is 0 Å². The Kier molecular flexibility index (Phi) is 1.20. The van der Waals surface area contributed by atoms with Crippen LogP contribution < -0.4 is 14.8 Å². The minimum Gasteiger partial charge on any atom is -0.454 e. The molecule has 1 aromatic rings. The summed E-state index contributed by atoms with van der Waals surface area (Å²) in [7, 11) is 0. The van der Waals surface area contributed by atoms with Crippen LogP contribution in [-0.4, -0.2) is 12.7 Å². The minimum absolute atomic E-state index is 0.350. The zero-order valence-electron chi connectivity index (χ0n) is 6.29. The molecule has 3 rings (SSSR count). The van der Waals surface area contributed by atoms with Crippen molar-refractivity contribution in [1.29, 1.82) is 0 Å². The summed E-state index contributed by atoms with van der Waals surface area (Å²) in [6.45, 7) is 0.350. The smallest absolute Gasteiger partial charge is 0.231 e. The molecule has 1 N–H and O–H groups in total. The fourth-order valence-corrected chi connectivity index (χ4v) is 2.23. The highest BCUT2D eigenvalue weighted by atomic mass is 32.2. The number of hydrogen-bond donors (Lipinski definition) is 1. The lowest BCUT2D eigenvalue weighted by Crippen LogP contribution is -1.93. The molecule has 0 amide bonds. The molecular weight excluding hydrogens is 174 g/mol. The molecule has 4 heteroatoms. The van der Waals surface area contributed by atoms with Gasteiger partial charge in [-0.05, 0) is 6.07 Å².